The molecule has 2 N–H and O–H groups in total. The van der Waals surface area contributed by atoms with E-state index in [1.807, 2.05) is 36.4 Å². The second-order valence-electron chi connectivity index (χ2n) is 7.39. The lowest BCUT2D eigenvalue weighted by molar-refractivity contribution is 0.0888. The Kier molecular flexibility index (Phi) is 9.50. The first-order valence-corrected chi connectivity index (χ1v) is 10.7. The fraction of sp³-hybridized carbons (Fsp3) is 0.458. The van der Waals surface area contributed by atoms with E-state index in [4.69, 9.17) is 14.2 Å². The Bertz CT molecular complexity index is 761. The van der Waals surface area contributed by atoms with Gasteiger partial charge in [0.2, 0.25) is 0 Å². The number of guanidine groups is 1. The lowest BCUT2D eigenvalue weighted by atomic mass is 10.1. The minimum absolute atomic E-state index is 0.553. The van der Waals surface area contributed by atoms with Crippen LogP contribution in [0.15, 0.2) is 59.6 Å². The van der Waals surface area contributed by atoms with Crippen molar-refractivity contribution in [1.29, 1.82) is 0 Å². The third kappa shape index (κ3) is 7.69. The van der Waals surface area contributed by atoms with Crippen LogP contribution in [-0.4, -0.2) is 46.0 Å². The van der Waals surface area contributed by atoms with Crippen LogP contribution in [0.4, 0.5) is 0 Å². The van der Waals surface area contributed by atoms with Gasteiger partial charge in [-0.25, -0.2) is 0 Å². The van der Waals surface area contributed by atoms with Crippen molar-refractivity contribution in [1.82, 2.24) is 10.6 Å². The molecule has 0 bridgehead atoms. The number of ether oxygens (including phenoxy) is 3. The van der Waals surface area contributed by atoms with E-state index in [1.54, 1.807) is 7.05 Å². The van der Waals surface area contributed by atoms with Crippen LogP contribution in [0.2, 0.25) is 0 Å². The molecule has 0 radical (unpaired) electrons. The van der Waals surface area contributed by atoms with Crippen LogP contribution < -0.4 is 15.4 Å². The molecule has 0 aliphatic carbocycles. The summed E-state index contributed by atoms with van der Waals surface area (Å²) in [6.07, 6.45) is 2.05. The molecule has 30 heavy (non-hydrogen) atoms. The molecule has 2 aromatic carbocycles. The van der Waals surface area contributed by atoms with Gasteiger partial charge in [0.05, 0.1) is 13.2 Å². The topological polar surface area (TPSA) is 64.1 Å². The molecule has 6 heteroatoms. The van der Waals surface area contributed by atoms with Gasteiger partial charge in [-0.3, -0.25) is 4.99 Å². The smallest absolute Gasteiger partial charge is 0.191 e. The third-order valence-electron chi connectivity index (χ3n) is 5.02. The van der Waals surface area contributed by atoms with Crippen LogP contribution in [0.1, 0.15) is 24.0 Å². The Morgan fingerprint density at radius 1 is 1.10 bits per heavy atom. The Labute approximate surface area is 179 Å². The third-order valence-corrected chi connectivity index (χ3v) is 5.02. The lowest BCUT2D eigenvalue weighted by Crippen LogP contribution is -2.37. The number of rotatable bonds is 11. The maximum absolute atomic E-state index is 6.03. The van der Waals surface area contributed by atoms with Crippen molar-refractivity contribution in [3.05, 3.63) is 65.7 Å². The molecule has 0 saturated carbocycles. The van der Waals surface area contributed by atoms with Gasteiger partial charge in [-0.1, -0.05) is 48.5 Å². The molecule has 162 valence electrons. The van der Waals surface area contributed by atoms with Crippen LogP contribution in [-0.2, 0) is 22.6 Å². The summed E-state index contributed by atoms with van der Waals surface area (Å²) in [6, 6.07) is 18.3. The van der Waals surface area contributed by atoms with Crippen molar-refractivity contribution in [3.8, 4) is 5.75 Å². The number of hydrogen-bond acceptors (Lipinski definition) is 4. The molecule has 1 fully saturated rings. The van der Waals surface area contributed by atoms with Gasteiger partial charge in [0.15, 0.2) is 5.96 Å². The predicted molar refractivity (Wildman–Crippen MR) is 120 cm³/mol. The van der Waals surface area contributed by atoms with Gasteiger partial charge in [0.25, 0.3) is 0 Å². The van der Waals surface area contributed by atoms with E-state index < -0.39 is 0 Å². The van der Waals surface area contributed by atoms with Gasteiger partial charge in [0, 0.05) is 44.8 Å². The molecule has 1 aliphatic heterocycles. The first kappa shape index (κ1) is 22.1. The number of nitrogens with zero attached hydrogens (tertiary/aromatic N) is 1. The highest BCUT2D eigenvalue weighted by atomic mass is 16.5. The van der Waals surface area contributed by atoms with Gasteiger partial charge in [-0.05, 0) is 24.5 Å². The summed E-state index contributed by atoms with van der Waals surface area (Å²) >= 11 is 0. The van der Waals surface area contributed by atoms with E-state index >= 15 is 0 Å². The maximum Gasteiger partial charge on any atom is 0.191 e. The van der Waals surface area contributed by atoms with E-state index in [-0.39, 0.29) is 0 Å². The minimum Gasteiger partial charge on any atom is -0.489 e. The summed E-state index contributed by atoms with van der Waals surface area (Å²) in [5.41, 5.74) is 2.25. The summed E-state index contributed by atoms with van der Waals surface area (Å²) in [6.45, 7) is 5.26. The molecule has 6 nitrogen and oxygen atoms in total. The molecule has 1 atom stereocenters. The van der Waals surface area contributed by atoms with Crippen molar-refractivity contribution in [2.75, 3.05) is 40.0 Å². The Balaban J connectivity index is 1.36. The minimum atomic E-state index is 0.553. The summed E-state index contributed by atoms with van der Waals surface area (Å²) in [4.78, 5) is 4.30. The van der Waals surface area contributed by atoms with Gasteiger partial charge in [-0.15, -0.1) is 0 Å². The second kappa shape index (κ2) is 12.9. The van der Waals surface area contributed by atoms with E-state index in [0.29, 0.717) is 19.1 Å². The molecule has 1 aliphatic rings. The summed E-state index contributed by atoms with van der Waals surface area (Å²) in [5, 5.41) is 6.70. The molecule has 1 unspecified atom stereocenters. The molecular formula is C24H33N3O3. The second-order valence-corrected chi connectivity index (χ2v) is 7.39. The first-order valence-electron chi connectivity index (χ1n) is 10.7. The fourth-order valence-electron chi connectivity index (χ4n) is 3.27. The van der Waals surface area contributed by atoms with Crippen LogP contribution >= 0.6 is 0 Å². The fourth-order valence-corrected chi connectivity index (χ4v) is 3.27. The zero-order chi connectivity index (χ0) is 20.9. The average molecular weight is 412 g/mol. The molecule has 0 spiro atoms. The molecular weight excluding hydrogens is 378 g/mol. The van der Waals surface area contributed by atoms with Gasteiger partial charge in [0.1, 0.15) is 12.4 Å². The predicted octanol–water partition coefficient (Wildman–Crippen LogP) is 3.37. The van der Waals surface area contributed by atoms with Crippen LogP contribution in [0, 0.1) is 5.92 Å². The van der Waals surface area contributed by atoms with Crippen molar-refractivity contribution >= 4 is 5.96 Å². The molecule has 1 saturated heterocycles. The Morgan fingerprint density at radius 3 is 2.73 bits per heavy atom. The highest BCUT2D eigenvalue weighted by molar-refractivity contribution is 5.79. The monoisotopic (exact) mass is 411 g/mol. The normalized spacial score (nSPS) is 16.4. The zero-order valence-corrected chi connectivity index (χ0v) is 17.8. The molecule has 2 aromatic rings. The summed E-state index contributed by atoms with van der Waals surface area (Å²) in [5.74, 6) is 2.22. The number of para-hydroxylation sites is 1. The summed E-state index contributed by atoms with van der Waals surface area (Å²) < 4.78 is 17.1. The highest BCUT2D eigenvalue weighted by Gasteiger charge is 2.15. The van der Waals surface area contributed by atoms with E-state index in [0.717, 1.165) is 68.6 Å². The average Bonchev–Trinajstić information content (AvgIpc) is 3.31. The Hall–Kier alpha value is -2.57. The summed E-state index contributed by atoms with van der Waals surface area (Å²) in [7, 11) is 1.78. The van der Waals surface area contributed by atoms with E-state index in [9.17, 15) is 0 Å². The molecule has 3 rings (SSSR count). The van der Waals surface area contributed by atoms with Gasteiger partial charge >= 0.3 is 0 Å². The number of nitrogens with one attached hydrogen (secondary N) is 2. The van der Waals surface area contributed by atoms with Gasteiger partial charge < -0.3 is 24.8 Å². The zero-order valence-electron chi connectivity index (χ0n) is 17.8. The quantitative estimate of drug-likeness (QED) is 0.337. The molecule has 1 heterocycles. The van der Waals surface area contributed by atoms with Crippen LogP contribution in [0.25, 0.3) is 0 Å². The Morgan fingerprint density at radius 2 is 1.93 bits per heavy atom. The lowest BCUT2D eigenvalue weighted by Gasteiger charge is -2.15. The first-order chi connectivity index (χ1) is 14.8. The number of hydrogen-bond donors (Lipinski definition) is 2. The maximum atomic E-state index is 6.03. The molecule has 0 amide bonds. The standard InChI is InChI=1S/C24H33N3O3/c1-25-24(26-13-7-14-28-17-21-12-15-29-18-21)27-16-22-10-5-6-11-23(22)30-19-20-8-3-2-4-9-20/h2-6,8-11,21H,7,12-19H2,1H3,(H2,25,26,27). The van der Waals surface area contributed by atoms with Crippen molar-refractivity contribution in [2.45, 2.75) is 26.0 Å². The van der Waals surface area contributed by atoms with Crippen LogP contribution in [0.3, 0.4) is 0 Å². The number of aliphatic imine (C=N–C) groups is 1. The SMILES string of the molecule is CN=C(NCCCOCC1CCOC1)NCc1ccccc1OCc1ccccc1. The van der Waals surface area contributed by atoms with Gasteiger partial charge in [-0.2, -0.15) is 0 Å². The van der Waals surface area contributed by atoms with Crippen molar-refractivity contribution < 1.29 is 14.2 Å². The molecule has 0 aromatic heterocycles. The van der Waals surface area contributed by atoms with Crippen molar-refractivity contribution in [3.63, 3.8) is 0 Å². The van der Waals surface area contributed by atoms with Crippen LogP contribution in [0.5, 0.6) is 5.75 Å². The van der Waals surface area contributed by atoms with Crippen molar-refractivity contribution in [2.24, 2.45) is 10.9 Å². The highest BCUT2D eigenvalue weighted by Crippen LogP contribution is 2.19. The van der Waals surface area contributed by atoms with E-state index in [1.165, 1.54) is 0 Å². The van der Waals surface area contributed by atoms with E-state index in [2.05, 4.69) is 33.8 Å². The largest absolute Gasteiger partial charge is 0.489 e. The number of benzene rings is 2.